The van der Waals surface area contributed by atoms with Crippen molar-refractivity contribution < 1.29 is 76.6 Å². The van der Waals surface area contributed by atoms with Crippen LogP contribution < -0.4 is 42.1 Å². The van der Waals surface area contributed by atoms with Crippen LogP contribution in [0.4, 0.5) is 76.0 Å². The first-order valence-electron chi connectivity index (χ1n) is 34.9. The van der Waals surface area contributed by atoms with Crippen molar-refractivity contribution in [1.82, 2.24) is 101 Å². The van der Waals surface area contributed by atoms with E-state index in [1.54, 1.807) is 95.2 Å². The lowest BCUT2D eigenvalue weighted by Crippen LogP contribution is -2.54. The zero-order valence-electron chi connectivity index (χ0n) is 61.3. The molecule has 29 nitrogen and oxygen atoms in total. The van der Waals surface area contributed by atoms with Gasteiger partial charge in [-0.15, -0.1) is 11.8 Å². The second-order valence-electron chi connectivity index (χ2n) is 26.3. The number of fused-ring (bicyclic) bond motifs is 4. The molecule has 2 aliphatic heterocycles. The highest BCUT2D eigenvalue weighted by Crippen LogP contribution is 2.37. The summed E-state index contributed by atoms with van der Waals surface area (Å²) in [6.07, 6.45) is 4.33. The lowest BCUT2D eigenvalue weighted by Gasteiger charge is -2.32. The minimum atomic E-state index is -4.57. The molecule has 12 aromatic heterocycles. The van der Waals surface area contributed by atoms with E-state index >= 15 is 0 Å². The van der Waals surface area contributed by atoms with E-state index in [0.717, 1.165) is 23.3 Å². The Bertz CT molecular complexity index is 5570. The number of thioether (sulfide) groups is 1. The number of aromatic amines is 4. The number of nitrogens with zero attached hydrogens (tertiary/aromatic N) is 13. The Morgan fingerprint density at radius 1 is 0.556 bits per heavy atom. The van der Waals surface area contributed by atoms with E-state index in [4.69, 9.17) is 51.1 Å². The topological polar surface area (TPSA) is 383 Å². The molecule has 0 radical (unpaired) electrons. The quantitative estimate of drug-likeness (QED) is 0.0281. The first kappa shape index (κ1) is 86.6. The van der Waals surface area contributed by atoms with Crippen molar-refractivity contribution in [2.24, 2.45) is 0 Å². The van der Waals surface area contributed by atoms with Crippen molar-refractivity contribution >= 4 is 149 Å². The van der Waals surface area contributed by atoms with E-state index in [1.165, 1.54) is 47.5 Å². The summed E-state index contributed by atoms with van der Waals surface area (Å²) in [4.78, 5) is 113. The first-order valence-corrected chi connectivity index (χ1v) is 37.5. The Morgan fingerprint density at radius 3 is 1.46 bits per heavy atom. The van der Waals surface area contributed by atoms with Gasteiger partial charge in [0.15, 0.2) is 46.6 Å². The van der Waals surface area contributed by atoms with E-state index < -0.39 is 96.9 Å². The van der Waals surface area contributed by atoms with Gasteiger partial charge in [0.05, 0.1) is 45.0 Å². The van der Waals surface area contributed by atoms with E-state index in [2.05, 4.69) is 101 Å². The molecule has 14 heterocycles. The number of anilines is 4. The highest BCUT2D eigenvalue weighted by Gasteiger charge is 2.45. The van der Waals surface area contributed by atoms with Crippen LogP contribution in [-0.4, -0.2) is 202 Å². The summed E-state index contributed by atoms with van der Waals surface area (Å²) < 4.78 is 159. The summed E-state index contributed by atoms with van der Waals surface area (Å²) in [5.74, 6) is -2.77. The van der Waals surface area contributed by atoms with Crippen LogP contribution in [-0.2, 0) is 23.9 Å². The van der Waals surface area contributed by atoms with Gasteiger partial charge in [0, 0.05) is 131 Å². The third-order valence-electron chi connectivity index (χ3n) is 17.8. The largest absolute Gasteiger partial charge is 0.405 e. The molecule has 46 heteroatoms. The molecule has 11 N–H and O–H groups in total. The molecule has 0 spiro atoms. The number of hydrogen-bond donors (Lipinski definition) is 11. The zero-order valence-corrected chi connectivity index (χ0v) is 65.1. The standard InChI is InChI=1S/C19H19ClF4N6O.C18H16ClF3N6O2.C17H13ClF4N6OS.C17H18ClFN6O/c1-3-18(4-2,17(31)28-9-19(22,23)24)30-16-13(21)8-27-15(29-16)12-7-26-14-11(12)5-10(20)6-25-14;19-10-5-11-12(7-25-14(11)24-6-10)15-23-3-1-13(27-15)28-17(2-4-30-9-17)16(29)26-8-18(20,21)22;18-8-1-9-10(3-24-13(9)23-2-8)14-25-4-11(19)15(27-14)28-7-30-5-12(28)16(29)26-6-17(20,21)22;1-17(2,16(26)21-6-4-19)25-13-3-5-20-15(24-13)12-9-23-14-11(12)7-10(18)8-22-14/h5-8H,3-4,9H2,1-2H3,(H,25,26)(H,28,31)(H,27,29,30);1,3,5-7H,2,4,8-9H2,(H,24,25)(H,26,29)(H,23,27,28);1-4,12H,5-7H2,(H,23,24)(H,26,29);3,5,7-9H,4,6H2,1-2H3,(H,21,26)(H,22,23)(H,20,24,25)/t;;12-;/m..1./s1. The molecule has 2 saturated heterocycles. The SMILES string of the molecule is CC(C)(Nc1ccnc(-c2c[nH]c3ncc(Cl)cc23)n1)C(=O)NCCF.CCC(CC)(Nc1nc(-c2c[nH]c3ncc(Cl)cc23)ncc1F)C(=O)NCC(F)(F)F.O=C(NCC(F)(F)F)C1(Nc2ccnc(-c3c[nH]c4ncc(Cl)cc34)n2)CCOC1.O=C(NCC(F)(F)F)[C@H]1CSCN1c1nc(-c2c[nH]c3ncc(Cl)cc23)ncc1F. The Morgan fingerprint density at radius 2 is 1.00 bits per heavy atom. The number of H-pyrrole nitrogens is 4. The van der Waals surface area contributed by atoms with E-state index in [0.29, 0.717) is 93.0 Å². The number of carbonyl (C=O) groups is 4. The lowest BCUT2D eigenvalue weighted by molar-refractivity contribution is -0.141. The van der Waals surface area contributed by atoms with Crippen LogP contribution in [0.25, 0.3) is 89.7 Å². The summed E-state index contributed by atoms with van der Waals surface area (Å²) >= 11 is 25.3. The van der Waals surface area contributed by atoms with Crippen LogP contribution in [0.1, 0.15) is 47.0 Å². The minimum absolute atomic E-state index is 0.0257. The van der Waals surface area contributed by atoms with Crippen molar-refractivity contribution in [2.75, 3.05) is 78.5 Å². The Labute approximate surface area is 678 Å². The fourth-order valence-corrected chi connectivity index (χ4v) is 13.6. The van der Waals surface area contributed by atoms with Crippen LogP contribution in [0.2, 0.25) is 20.1 Å². The van der Waals surface area contributed by atoms with Gasteiger partial charge in [0.1, 0.15) is 83.2 Å². The van der Waals surface area contributed by atoms with Crippen LogP contribution >= 0.6 is 58.2 Å². The second-order valence-corrected chi connectivity index (χ2v) is 29.1. The van der Waals surface area contributed by atoms with Gasteiger partial charge in [-0.25, -0.2) is 73.0 Å². The summed E-state index contributed by atoms with van der Waals surface area (Å²) in [5.41, 5.74) is 0.909. The van der Waals surface area contributed by atoms with E-state index in [-0.39, 0.29) is 85.7 Å². The maximum absolute atomic E-state index is 14.5. The van der Waals surface area contributed by atoms with Crippen molar-refractivity contribution in [3.05, 3.63) is 142 Å². The number of carbonyl (C=O) groups excluding carboxylic acids is 4. The predicted molar refractivity (Wildman–Crippen MR) is 415 cm³/mol. The molecule has 618 valence electrons. The van der Waals surface area contributed by atoms with Crippen molar-refractivity contribution in [3.63, 3.8) is 0 Å². The van der Waals surface area contributed by atoms with Gasteiger partial charge in [-0.2, -0.15) is 39.5 Å². The summed E-state index contributed by atoms with van der Waals surface area (Å²) in [6.45, 7) is 1.74. The van der Waals surface area contributed by atoms with Gasteiger partial charge in [-0.1, -0.05) is 60.3 Å². The average molecular weight is 1740 g/mol. The number of halogens is 16. The molecule has 12 aromatic rings. The molecule has 4 amide bonds. The normalized spacial score (nSPS) is 15.1. The van der Waals surface area contributed by atoms with Crippen LogP contribution in [0.15, 0.2) is 111 Å². The maximum atomic E-state index is 14.5. The minimum Gasteiger partial charge on any atom is -0.378 e. The number of ether oxygens (including phenoxy) is 1. The molecule has 2 atom stereocenters. The van der Waals surface area contributed by atoms with Gasteiger partial charge in [-0.05, 0) is 63.1 Å². The average Bonchev–Trinajstić information content (AvgIpc) is 1.66. The number of nitrogens with one attached hydrogen (secondary N) is 11. The number of rotatable bonds is 22. The van der Waals surface area contributed by atoms with Crippen molar-refractivity contribution in [1.29, 1.82) is 0 Å². The monoisotopic (exact) mass is 1730 g/mol. The molecule has 0 saturated carbocycles. The van der Waals surface area contributed by atoms with Gasteiger partial charge >= 0.3 is 18.5 Å². The number of pyridine rings is 4. The summed E-state index contributed by atoms with van der Waals surface area (Å²) in [7, 11) is 0. The van der Waals surface area contributed by atoms with E-state index in [9.17, 15) is 71.9 Å². The summed E-state index contributed by atoms with van der Waals surface area (Å²) in [5, 5.41) is 21.3. The van der Waals surface area contributed by atoms with Gasteiger partial charge in [0.2, 0.25) is 23.6 Å². The van der Waals surface area contributed by atoms with Gasteiger partial charge < -0.3 is 66.8 Å². The molecular formula is C71H66Cl4F12N24O5S. The summed E-state index contributed by atoms with van der Waals surface area (Å²) in [6, 6.07) is 9.00. The third-order valence-corrected chi connectivity index (χ3v) is 19.6. The molecule has 14 rings (SSSR count). The van der Waals surface area contributed by atoms with Gasteiger partial charge in [-0.3, -0.25) is 19.2 Å². The van der Waals surface area contributed by atoms with Crippen LogP contribution in [0, 0.1) is 11.6 Å². The molecule has 1 unspecified atom stereocenters. The molecule has 2 aliphatic rings. The first-order chi connectivity index (χ1) is 55.5. The number of amides is 4. The predicted octanol–water partition coefficient (Wildman–Crippen LogP) is 13.7. The smallest absolute Gasteiger partial charge is 0.378 e. The number of aromatic nitrogens is 16. The Kier molecular flexibility index (Phi) is 27.1. The maximum Gasteiger partial charge on any atom is 0.405 e. The van der Waals surface area contributed by atoms with Crippen LogP contribution in [0.5, 0.6) is 0 Å². The van der Waals surface area contributed by atoms with Crippen molar-refractivity contribution in [2.45, 2.75) is 88.1 Å². The van der Waals surface area contributed by atoms with E-state index in [1.807, 2.05) is 16.0 Å². The molecule has 117 heavy (non-hydrogen) atoms. The fraction of sp³-hybridized carbons (Fsp3) is 0.324. The highest BCUT2D eigenvalue weighted by atomic mass is 35.5. The molecule has 0 bridgehead atoms. The highest BCUT2D eigenvalue weighted by molar-refractivity contribution is 7.99. The van der Waals surface area contributed by atoms with Gasteiger partial charge in [0.25, 0.3) is 0 Å². The number of alkyl halides is 10. The van der Waals surface area contributed by atoms with Crippen LogP contribution in [0.3, 0.4) is 0 Å². The molecule has 0 aliphatic carbocycles. The zero-order chi connectivity index (χ0) is 84.4. The molecule has 0 aromatic carbocycles. The lowest BCUT2D eigenvalue weighted by atomic mass is 9.91. The molecular weight excluding hydrogens is 1670 g/mol. The Hall–Kier alpha value is -11.2. The number of hydrogen-bond acceptors (Lipinski definition) is 22. The second kappa shape index (κ2) is 36.5. The Balaban J connectivity index is 0.000000153. The fourth-order valence-electron chi connectivity index (χ4n) is 11.8. The van der Waals surface area contributed by atoms with Crippen molar-refractivity contribution in [3.8, 4) is 45.6 Å². The third kappa shape index (κ3) is 21.5. The molecule has 2 fully saturated rings.